The molecule has 0 N–H and O–H groups in total. The summed E-state index contributed by atoms with van der Waals surface area (Å²) in [5.41, 5.74) is 4.81. The largest absolute Gasteiger partial charge is 0.105 e. The van der Waals surface area contributed by atoms with Gasteiger partial charge in [-0.2, -0.15) is 0 Å². The van der Waals surface area contributed by atoms with Crippen molar-refractivity contribution in [1.29, 1.82) is 0 Å². The van der Waals surface area contributed by atoms with Crippen LogP contribution in [-0.2, 0) is 10.8 Å². The molecular weight excluding hydrogens is 211 g/mol. The smallest absolute Gasteiger partial charge is 0.0123 e. The van der Waals surface area contributed by atoms with Crippen LogP contribution in [0.2, 0.25) is 0 Å². The van der Waals surface area contributed by atoms with Crippen molar-refractivity contribution in [2.75, 3.05) is 0 Å². The normalized spacial score (nSPS) is 13.0. The first-order valence-corrected chi connectivity index (χ1v) is 6.53. The van der Waals surface area contributed by atoms with Crippen molar-refractivity contribution in [2.24, 2.45) is 0 Å². The fourth-order valence-electron chi connectivity index (χ4n) is 2.50. The van der Waals surface area contributed by atoms with Gasteiger partial charge in [0.15, 0.2) is 0 Å². The minimum Gasteiger partial charge on any atom is -0.105 e. The average Bonchev–Trinajstić information content (AvgIpc) is 2.04. The second-order valence-corrected chi connectivity index (χ2v) is 7.34. The number of rotatable bonds is 0. The van der Waals surface area contributed by atoms with Gasteiger partial charge in [-0.25, -0.2) is 0 Å². The van der Waals surface area contributed by atoms with Crippen LogP contribution in [0.15, 0.2) is 12.1 Å². The van der Waals surface area contributed by atoms with E-state index >= 15 is 0 Å². The van der Waals surface area contributed by atoms with E-state index in [1.807, 2.05) is 0 Å². The molecule has 0 saturated heterocycles. The number of benzene rings is 1. The molecule has 0 saturated carbocycles. The van der Waals surface area contributed by atoms with Gasteiger partial charge in [0, 0.05) is 0 Å². The third-order valence-corrected chi connectivity index (χ3v) is 3.43. The lowest BCUT2D eigenvalue weighted by atomic mass is 9.73. The van der Waals surface area contributed by atoms with Crippen molar-refractivity contribution in [1.82, 2.24) is 0 Å². The maximum atomic E-state index is 2.89. The molecule has 0 fully saturated rings. The van der Waals surface area contributed by atoms with Gasteiger partial charge in [0.25, 0.3) is 0 Å². The van der Waals surface area contributed by atoms with Crippen LogP contribution in [-0.4, -0.2) is 0 Å². The Bertz CT molecular complexity index is 350. The summed E-state index contributed by atoms with van der Waals surface area (Å²) >= 11 is 0. The molecule has 1 heteroatoms. The quantitative estimate of drug-likeness (QED) is 0.595. The highest BCUT2D eigenvalue weighted by molar-refractivity contribution is 7.27. The molecule has 16 heavy (non-hydrogen) atoms. The van der Waals surface area contributed by atoms with Gasteiger partial charge < -0.3 is 0 Å². The summed E-state index contributed by atoms with van der Waals surface area (Å²) in [5.74, 6) is 0. The Hall–Kier alpha value is -0.350. The first-order valence-electron chi connectivity index (χ1n) is 5.95. The Kier molecular flexibility index (Phi) is 3.56. The van der Waals surface area contributed by atoms with E-state index < -0.39 is 0 Å². The molecule has 1 unspecified atom stereocenters. The van der Waals surface area contributed by atoms with Crippen molar-refractivity contribution in [3.63, 3.8) is 0 Å². The highest BCUT2D eigenvalue weighted by Crippen LogP contribution is 2.35. The lowest BCUT2D eigenvalue weighted by Gasteiger charge is -2.33. The SMILES string of the molecule is Cc1ccc(P)c(C(C)(C)C)c1C(C)(C)C. The maximum Gasteiger partial charge on any atom is -0.0123 e. The summed E-state index contributed by atoms with van der Waals surface area (Å²) in [6.07, 6.45) is 0. The molecule has 0 spiro atoms. The zero-order valence-electron chi connectivity index (χ0n) is 11.7. The number of aryl methyl sites for hydroxylation is 1. The van der Waals surface area contributed by atoms with E-state index in [0.717, 1.165) is 0 Å². The van der Waals surface area contributed by atoms with Crippen molar-refractivity contribution < 1.29 is 0 Å². The highest BCUT2D eigenvalue weighted by Gasteiger charge is 2.27. The average molecular weight is 236 g/mol. The van der Waals surface area contributed by atoms with Crippen LogP contribution < -0.4 is 5.30 Å². The van der Waals surface area contributed by atoms with Gasteiger partial charge in [-0.1, -0.05) is 53.7 Å². The number of hydrogen-bond donors (Lipinski definition) is 0. The highest BCUT2D eigenvalue weighted by atomic mass is 31.0. The first-order chi connectivity index (χ1) is 7.05. The lowest BCUT2D eigenvalue weighted by Crippen LogP contribution is -2.28. The van der Waals surface area contributed by atoms with E-state index in [1.54, 1.807) is 0 Å². The summed E-state index contributed by atoms with van der Waals surface area (Å²) in [7, 11) is 2.89. The Morgan fingerprint density at radius 3 is 1.56 bits per heavy atom. The molecule has 0 aromatic heterocycles. The topological polar surface area (TPSA) is 0 Å². The summed E-state index contributed by atoms with van der Waals surface area (Å²) in [6.45, 7) is 16.0. The second kappa shape index (κ2) is 4.15. The fraction of sp³-hybridized carbons (Fsp3) is 0.600. The van der Waals surface area contributed by atoms with E-state index in [9.17, 15) is 0 Å². The van der Waals surface area contributed by atoms with Crippen LogP contribution in [0.1, 0.15) is 58.2 Å². The van der Waals surface area contributed by atoms with Crippen molar-refractivity contribution >= 4 is 14.5 Å². The molecule has 0 nitrogen and oxygen atoms in total. The zero-order chi connectivity index (χ0) is 12.7. The van der Waals surface area contributed by atoms with E-state index in [1.165, 1.54) is 22.0 Å². The van der Waals surface area contributed by atoms with E-state index in [-0.39, 0.29) is 10.8 Å². The fourth-order valence-corrected chi connectivity index (χ4v) is 3.17. The second-order valence-electron chi connectivity index (χ2n) is 6.72. The van der Waals surface area contributed by atoms with Crippen LogP contribution in [0.5, 0.6) is 0 Å². The van der Waals surface area contributed by atoms with Crippen LogP contribution in [0, 0.1) is 6.92 Å². The van der Waals surface area contributed by atoms with E-state index in [2.05, 4.69) is 69.8 Å². The molecule has 1 atom stereocenters. The van der Waals surface area contributed by atoms with Crippen LogP contribution in [0.3, 0.4) is 0 Å². The summed E-state index contributed by atoms with van der Waals surface area (Å²) in [5, 5.41) is 1.34. The molecule has 0 heterocycles. The Morgan fingerprint density at radius 2 is 1.25 bits per heavy atom. The Balaban J connectivity index is 3.64. The Morgan fingerprint density at radius 1 is 0.812 bits per heavy atom. The molecule has 0 aliphatic carbocycles. The zero-order valence-corrected chi connectivity index (χ0v) is 12.9. The van der Waals surface area contributed by atoms with Crippen LogP contribution in [0.25, 0.3) is 0 Å². The molecule has 1 aromatic carbocycles. The van der Waals surface area contributed by atoms with Gasteiger partial charge >= 0.3 is 0 Å². The van der Waals surface area contributed by atoms with Gasteiger partial charge in [0.2, 0.25) is 0 Å². The Labute approximate surface area is 103 Å². The van der Waals surface area contributed by atoms with Crippen molar-refractivity contribution in [3.8, 4) is 0 Å². The summed E-state index contributed by atoms with van der Waals surface area (Å²) in [6, 6.07) is 4.45. The number of hydrogen-bond acceptors (Lipinski definition) is 0. The van der Waals surface area contributed by atoms with E-state index in [4.69, 9.17) is 0 Å². The first kappa shape index (κ1) is 13.7. The monoisotopic (exact) mass is 236 g/mol. The van der Waals surface area contributed by atoms with Gasteiger partial charge in [-0.05, 0) is 39.7 Å². The molecule has 0 radical (unpaired) electrons. The maximum absolute atomic E-state index is 2.89. The third-order valence-electron chi connectivity index (χ3n) is 2.95. The molecule has 90 valence electrons. The summed E-state index contributed by atoms with van der Waals surface area (Å²) in [4.78, 5) is 0. The molecule has 0 amide bonds. The molecule has 1 rings (SSSR count). The molecule has 1 aromatic rings. The van der Waals surface area contributed by atoms with Crippen molar-refractivity contribution in [2.45, 2.75) is 59.3 Å². The molecular formula is C15H25P. The van der Waals surface area contributed by atoms with Crippen LogP contribution >= 0.6 is 9.24 Å². The van der Waals surface area contributed by atoms with Gasteiger partial charge in [0.05, 0.1) is 0 Å². The minimum atomic E-state index is 0.200. The predicted octanol–water partition coefficient (Wildman–Crippen LogP) is 4.09. The van der Waals surface area contributed by atoms with E-state index in [0.29, 0.717) is 0 Å². The predicted molar refractivity (Wildman–Crippen MR) is 77.9 cm³/mol. The van der Waals surface area contributed by atoms with Crippen molar-refractivity contribution in [3.05, 3.63) is 28.8 Å². The summed E-state index contributed by atoms with van der Waals surface area (Å²) < 4.78 is 0. The minimum absolute atomic E-state index is 0.200. The standard InChI is InChI=1S/C15H25P/c1-10-8-9-11(16)13(15(5,6)7)12(10)14(2,3)4/h8-9H,16H2,1-7H3. The molecule has 0 bridgehead atoms. The van der Waals surface area contributed by atoms with Gasteiger partial charge in [0.1, 0.15) is 0 Å². The van der Waals surface area contributed by atoms with Crippen LogP contribution in [0.4, 0.5) is 0 Å². The molecule has 0 aliphatic rings. The van der Waals surface area contributed by atoms with Gasteiger partial charge in [-0.3, -0.25) is 0 Å². The lowest BCUT2D eigenvalue weighted by molar-refractivity contribution is 0.530. The molecule has 0 aliphatic heterocycles. The van der Waals surface area contributed by atoms with Gasteiger partial charge in [-0.15, -0.1) is 9.24 Å². The third kappa shape index (κ3) is 2.66.